The van der Waals surface area contributed by atoms with Crippen LogP contribution in [0.25, 0.3) is 10.8 Å². The van der Waals surface area contributed by atoms with Crippen LogP contribution in [0.1, 0.15) is 5.56 Å². The van der Waals surface area contributed by atoms with Crippen molar-refractivity contribution < 1.29 is 17.9 Å². The van der Waals surface area contributed by atoms with Crippen LogP contribution in [0.3, 0.4) is 0 Å². The molecule has 6 nitrogen and oxygen atoms in total. The average molecular weight is 398 g/mol. The Kier molecular flexibility index (Phi) is 5.67. The van der Waals surface area contributed by atoms with E-state index in [2.05, 4.69) is 5.32 Å². The number of amides is 1. The van der Waals surface area contributed by atoms with E-state index in [4.69, 9.17) is 4.74 Å². The zero-order valence-corrected chi connectivity index (χ0v) is 16.8. The van der Waals surface area contributed by atoms with E-state index in [1.165, 1.54) is 20.2 Å². The highest BCUT2D eigenvalue weighted by atomic mass is 32.2. The Morgan fingerprint density at radius 1 is 1.00 bits per heavy atom. The summed E-state index contributed by atoms with van der Waals surface area (Å²) in [5.74, 6) is 0.182. The molecule has 0 heterocycles. The number of hydrogen-bond acceptors (Lipinski definition) is 4. The first-order chi connectivity index (χ1) is 13.3. The Bertz CT molecular complexity index is 1110. The second-order valence-electron chi connectivity index (χ2n) is 6.49. The highest BCUT2D eigenvalue weighted by Gasteiger charge is 2.25. The molecule has 0 spiro atoms. The maximum absolute atomic E-state index is 13.1. The Hall–Kier alpha value is -2.90. The molecule has 0 bridgehead atoms. The Morgan fingerprint density at radius 3 is 2.29 bits per heavy atom. The summed E-state index contributed by atoms with van der Waals surface area (Å²) < 4.78 is 32.5. The molecule has 7 heteroatoms. The normalized spacial score (nSPS) is 11.6. The highest BCUT2D eigenvalue weighted by Crippen LogP contribution is 2.32. The van der Waals surface area contributed by atoms with Crippen molar-refractivity contribution in [3.8, 4) is 5.75 Å². The third-order valence-electron chi connectivity index (χ3n) is 4.45. The predicted octanol–water partition coefficient (Wildman–Crippen LogP) is 3.42. The fraction of sp³-hybridized carbons (Fsp3) is 0.190. The molecule has 3 aromatic carbocycles. The molecule has 0 saturated heterocycles. The zero-order chi connectivity index (χ0) is 20.3. The summed E-state index contributed by atoms with van der Waals surface area (Å²) in [7, 11) is -0.937. The van der Waals surface area contributed by atoms with Crippen LogP contribution in [-0.4, -0.2) is 39.3 Å². The van der Waals surface area contributed by atoms with Crippen molar-refractivity contribution in [3.05, 3.63) is 66.2 Å². The number of nitrogens with one attached hydrogen (secondary N) is 1. The van der Waals surface area contributed by atoms with Gasteiger partial charge in [0.2, 0.25) is 15.9 Å². The van der Waals surface area contributed by atoms with Crippen LogP contribution in [-0.2, 0) is 14.8 Å². The van der Waals surface area contributed by atoms with E-state index in [0.717, 1.165) is 9.87 Å². The molecule has 0 atom stereocenters. The second kappa shape index (κ2) is 8.00. The number of sulfonamides is 1. The number of methoxy groups -OCH3 is 1. The van der Waals surface area contributed by atoms with Crippen molar-refractivity contribution in [1.82, 2.24) is 4.31 Å². The highest BCUT2D eigenvalue weighted by molar-refractivity contribution is 7.89. The number of benzene rings is 3. The van der Waals surface area contributed by atoms with Crippen LogP contribution in [0.5, 0.6) is 5.75 Å². The van der Waals surface area contributed by atoms with Crippen molar-refractivity contribution in [2.24, 2.45) is 0 Å². The molecule has 1 amide bonds. The Labute approximate surface area is 164 Å². The smallest absolute Gasteiger partial charge is 0.243 e. The summed E-state index contributed by atoms with van der Waals surface area (Å²) in [4.78, 5) is 12.4. The zero-order valence-electron chi connectivity index (χ0n) is 16.0. The summed E-state index contributed by atoms with van der Waals surface area (Å²) >= 11 is 0. The first-order valence-electron chi connectivity index (χ1n) is 8.71. The van der Waals surface area contributed by atoms with E-state index in [-0.39, 0.29) is 11.4 Å². The van der Waals surface area contributed by atoms with Gasteiger partial charge in [0.05, 0.1) is 18.6 Å². The maximum Gasteiger partial charge on any atom is 0.243 e. The van der Waals surface area contributed by atoms with Gasteiger partial charge in [-0.15, -0.1) is 0 Å². The summed E-state index contributed by atoms with van der Waals surface area (Å²) in [5.41, 5.74) is 1.69. The maximum atomic E-state index is 13.1. The molecule has 0 aliphatic heterocycles. The number of carbonyl (C=O) groups excluding carboxylic acids is 1. The van der Waals surface area contributed by atoms with Crippen LogP contribution in [0.4, 0.5) is 5.69 Å². The van der Waals surface area contributed by atoms with Gasteiger partial charge in [0, 0.05) is 23.5 Å². The third kappa shape index (κ3) is 4.00. The van der Waals surface area contributed by atoms with Gasteiger partial charge in [0.15, 0.2) is 0 Å². The topological polar surface area (TPSA) is 75.7 Å². The average Bonchev–Trinajstić information content (AvgIpc) is 2.68. The van der Waals surface area contributed by atoms with Crippen LogP contribution < -0.4 is 10.1 Å². The van der Waals surface area contributed by atoms with Gasteiger partial charge in [-0.2, -0.15) is 4.31 Å². The summed E-state index contributed by atoms with van der Waals surface area (Å²) in [6.45, 7) is 1.65. The molecule has 146 valence electrons. The minimum Gasteiger partial charge on any atom is -0.496 e. The van der Waals surface area contributed by atoms with Gasteiger partial charge in [-0.25, -0.2) is 8.42 Å². The van der Waals surface area contributed by atoms with E-state index in [9.17, 15) is 13.2 Å². The standard InChI is InChI=1S/C21H22N2O4S/c1-15-8-10-16(11-9-15)22-21(24)14-23(2)28(25,26)20-13-12-19(27-3)17-6-4-5-7-18(17)20/h4-13H,14H2,1-3H3,(H,22,24). The lowest BCUT2D eigenvalue weighted by Gasteiger charge is -2.19. The van der Waals surface area contributed by atoms with E-state index in [1.807, 2.05) is 25.1 Å². The number of ether oxygens (including phenoxy) is 1. The molecule has 0 radical (unpaired) electrons. The quantitative estimate of drug-likeness (QED) is 0.690. The first-order valence-corrected chi connectivity index (χ1v) is 10.2. The largest absolute Gasteiger partial charge is 0.496 e. The first kappa shape index (κ1) is 19.9. The summed E-state index contributed by atoms with van der Waals surface area (Å²) in [5, 5.41) is 3.96. The number of fused-ring (bicyclic) bond motifs is 1. The number of hydrogen-bond donors (Lipinski definition) is 1. The number of anilines is 1. The van der Waals surface area contributed by atoms with Gasteiger partial charge in [0.1, 0.15) is 5.75 Å². The van der Waals surface area contributed by atoms with Crippen LogP contribution >= 0.6 is 0 Å². The minimum absolute atomic E-state index is 0.134. The van der Waals surface area contributed by atoms with Gasteiger partial charge < -0.3 is 10.1 Å². The molecular formula is C21H22N2O4S. The minimum atomic E-state index is -3.87. The van der Waals surface area contributed by atoms with Crippen molar-refractivity contribution in [1.29, 1.82) is 0 Å². The number of carbonyl (C=O) groups is 1. The number of aryl methyl sites for hydroxylation is 1. The van der Waals surface area contributed by atoms with E-state index in [1.54, 1.807) is 36.4 Å². The van der Waals surface area contributed by atoms with E-state index < -0.39 is 15.9 Å². The van der Waals surface area contributed by atoms with Crippen LogP contribution in [0, 0.1) is 6.92 Å². The lowest BCUT2D eigenvalue weighted by Crippen LogP contribution is -2.35. The molecule has 3 rings (SSSR count). The van der Waals surface area contributed by atoms with Crippen LogP contribution in [0.2, 0.25) is 0 Å². The van der Waals surface area contributed by atoms with Gasteiger partial charge in [-0.1, -0.05) is 42.0 Å². The van der Waals surface area contributed by atoms with Crippen molar-refractivity contribution in [2.45, 2.75) is 11.8 Å². The molecule has 0 aliphatic rings. The summed E-state index contributed by atoms with van der Waals surface area (Å²) in [6, 6.07) is 17.5. The fourth-order valence-corrected chi connectivity index (χ4v) is 4.26. The van der Waals surface area contributed by atoms with Gasteiger partial charge in [-0.3, -0.25) is 4.79 Å². The fourth-order valence-electron chi connectivity index (χ4n) is 2.94. The molecular weight excluding hydrogens is 376 g/mol. The molecule has 0 aliphatic carbocycles. The van der Waals surface area contributed by atoms with Crippen molar-refractivity contribution >= 4 is 32.4 Å². The van der Waals surface area contributed by atoms with Crippen LogP contribution in [0.15, 0.2) is 65.6 Å². The molecule has 0 saturated carbocycles. The third-order valence-corrected chi connectivity index (χ3v) is 6.32. The summed E-state index contributed by atoms with van der Waals surface area (Å²) in [6.07, 6.45) is 0. The molecule has 0 unspecified atom stereocenters. The predicted molar refractivity (Wildman–Crippen MR) is 110 cm³/mol. The van der Waals surface area contributed by atoms with Crippen molar-refractivity contribution in [2.75, 3.05) is 26.0 Å². The molecule has 1 N–H and O–H groups in total. The molecule has 28 heavy (non-hydrogen) atoms. The number of rotatable bonds is 6. The number of nitrogens with zero attached hydrogens (tertiary/aromatic N) is 1. The van der Waals surface area contributed by atoms with E-state index in [0.29, 0.717) is 22.2 Å². The molecule has 0 fully saturated rings. The van der Waals surface area contributed by atoms with Gasteiger partial charge in [-0.05, 0) is 31.2 Å². The lowest BCUT2D eigenvalue weighted by atomic mass is 10.1. The SMILES string of the molecule is COc1ccc(S(=O)(=O)N(C)CC(=O)Nc2ccc(C)cc2)c2ccccc12. The van der Waals surface area contributed by atoms with Gasteiger partial charge >= 0.3 is 0 Å². The van der Waals surface area contributed by atoms with Gasteiger partial charge in [0.25, 0.3) is 0 Å². The Morgan fingerprint density at radius 2 is 1.64 bits per heavy atom. The molecule has 0 aromatic heterocycles. The molecule has 3 aromatic rings. The second-order valence-corrected chi connectivity index (χ2v) is 8.50. The number of likely N-dealkylation sites (N-methyl/N-ethyl adjacent to an activating group) is 1. The van der Waals surface area contributed by atoms with E-state index >= 15 is 0 Å². The monoisotopic (exact) mass is 398 g/mol. The Balaban J connectivity index is 1.85. The lowest BCUT2D eigenvalue weighted by molar-refractivity contribution is -0.116. The van der Waals surface area contributed by atoms with Crippen molar-refractivity contribution in [3.63, 3.8) is 0 Å².